The van der Waals surface area contributed by atoms with Crippen molar-refractivity contribution in [2.45, 2.75) is 23.8 Å². The highest BCUT2D eigenvalue weighted by atomic mass is 35.5. The van der Waals surface area contributed by atoms with Crippen molar-refractivity contribution in [2.24, 2.45) is 0 Å². The molecule has 4 rings (SSSR count). The molecule has 0 aliphatic heterocycles. The van der Waals surface area contributed by atoms with E-state index in [-0.39, 0.29) is 29.9 Å². The number of hydrogen-bond acceptors (Lipinski definition) is 6. The molecule has 1 aliphatic carbocycles. The summed E-state index contributed by atoms with van der Waals surface area (Å²) in [7, 11) is -3.74. The molecule has 2 aromatic carbocycles. The van der Waals surface area contributed by atoms with E-state index in [9.17, 15) is 17.6 Å². The number of anilines is 1. The average molecular weight is 484 g/mol. The Kier molecular flexibility index (Phi) is 6.12. The smallest absolute Gasteiger partial charge is 0.263 e. The van der Waals surface area contributed by atoms with Gasteiger partial charge < -0.3 is 10.1 Å². The Morgan fingerprint density at radius 2 is 2.06 bits per heavy atom. The van der Waals surface area contributed by atoms with E-state index in [1.807, 2.05) is 0 Å². The maximum atomic E-state index is 13.2. The van der Waals surface area contributed by atoms with Crippen molar-refractivity contribution in [3.63, 3.8) is 0 Å². The number of nitrogens with one attached hydrogen (secondary N) is 2. The van der Waals surface area contributed by atoms with Gasteiger partial charge in [0, 0.05) is 25.1 Å². The number of fused-ring (bicyclic) bond motifs is 1. The first kappa shape index (κ1) is 21.5. The molecule has 2 N–H and O–H groups in total. The number of hydrogen-bond donors (Lipinski definition) is 2. The molecule has 0 spiro atoms. The van der Waals surface area contributed by atoms with Crippen LogP contribution in [-0.2, 0) is 27.7 Å². The molecule has 164 valence electrons. The Bertz CT molecular complexity index is 1230. The SMILES string of the molecule is O=C(COc1ccc(F)c(Cl)c1)NC1Cc2ccc(S(=O)(=O)Nc3nccs3)cc2C1.[HH]. The van der Waals surface area contributed by atoms with Crippen LogP contribution in [0, 0.1) is 5.82 Å². The van der Waals surface area contributed by atoms with Gasteiger partial charge in [0.15, 0.2) is 11.7 Å². The third-order valence-corrected chi connectivity index (χ3v) is 7.14. The Labute approximate surface area is 188 Å². The Morgan fingerprint density at radius 1 is 1.26 bits per heavy atom. The number of carbonyl (C=O) groups is 1. The largest absolute Gasteiger partial charge is 0.484 e. The van der Waals surface area contributed by atoms with Crippen molar-refractivity contribution in [3.8, 4) is 5.75 Å². The molecule has 7 nitrogen and oxygen atoms in total. The fraction of sp³-hybridized carbons (Fsp3) is 0.200. The zero-order chi connectivity index (χ0) is 22.0. The summed E-state index contributed by atoms with van der Waals surface area (Å²) >= 11 is 6.89. The average Bonchev–Trinajstić information content (AvgIpc) is 3.37. The van der Waals surface area contributed by atoms with E-state index in [1.165, 1.54) is 29.7 Å². The summed E-state index contributed by atoms with van der Waals surface area (Å²) in [6.45, 7) is -0.244. The lowest BCUT2D eigenvalue weighted by atomic mass is 10.1. The monoisotopic (exact) mass is 483 g/mol. The van der Waals surface area contributed by atoms with E-state index in [4.69, 9.17) is 16.3 Å². The lowest BCUT2D eigenvalue weighted by Gasteiger charge is -2.13. The number of ether oxygens (including phenoxy) is 1. The van der Waals surface area contributed by atoms with E-state index in [0.29, 0.717) is 23.7 Å². The standard InChI is InChI=1S/C20H17ClFN3O4S2.H2/c21-17-10-15(2-4-18(17)22)29-11-19(26)24-14-7-12-1-3-16(9-13(12)8-14)31(27,28)25-20-23-5-6-30-20;/h1-6,9-10,14H,7-8,11H2,(H,23,25)(H,24,26);1H. The molecule has 31 heavy (non-hydrogen) atoms. The number of benzene rings is 2. The highest BCUT2D eigenvalue weighted by Gasteiger charge is 2.25. The van der Waals surface area contributed by atoms with Gasteiger partial charge in [0.2, 0.25) is 0 Å². The molecular weight excluding hydrogens is 465 g/mol. The summed E-state index contributed by atoms with van der Waals surface area (Å²) in [4.78, 5) is 16.3. The van der Waals surface area contributed by atoms with Crippen LogP contribution in [0.2, 0.25) is 5.02 Å². The zero-order valence-corrected chi connectivity index (χ0v) is 18.4. The molecule has 1 amide bonds. The lowest BCUT2D eigenvalue weighted by molar-refractivity contribution is -0.123. The van der Waals surface area contributed by atoms with Crippen molar-refractivity contribution >= 4 is 44.0 Å². The second-order valence-corrected chi connectivity index (χ2v) is 9.89. The van der Waals surface area contributed by atoms with Gasteiger partial charge in [0.05, 0.1) is 9.92 Å². The summed E-state index contributed by atoms with van der Waals surface area (Å²) in [5.41, 5.74) is 1.84. The predicted molar refractivity (Wildman–Crippen MR) is 118 cm³/mol. The van der Waals surface area contributed by atoms with Crippen molar-refractivity contribution in [1.29, 1.82) is 0 Å². The number of aromatic nitrogens is 1. The van der Waals surface area contributed by atoms with Crippen LogP contribution >= 0.6 is 22.9 Å². The number of nitrogens with zero attached hydrogens (tertiary/aromatic N) is 1. The predicted octanol–water partition coefficient (Wildman–Crippen LogP) is 3.64. The third kappa shape index (κ3) is 5.15. The van der Waals surface area contributed by atoms with E-state index < -0.39 is 15.8 Å². The molecule has 1 unspecified atom stereocenters. The molecule has 1 aromatic heterocycles. The van der Waals surface area contributed by atoms with Gasteiger partial charge in [-0.1, -0.05) is 17.7 Å². The topological polar surface area (TPSA) is 97.4 Å². The maximum Gasteiger partial charge on any atom is 0.263 e. The van der Waals surface area contributed by atoms with Gasteiger partial charge in [-0.25, -0.2) is 17.8 Å². The first-order valence-corrected chi connectivity index (χ1v) is 12.0. The maximum absolute atomic E-state index is 13.2. The normalized spacial score (nSPS) is 15.4. The number of carbonyl (C=O) groups excluding carboxylic acids is 1. The zero-order valence-electron chi connectivity index (χ0n) is 16.0. The van der Waals surface area contributed by atoms with Gasteiger partial charge in [0.25, 0.3) is 15.9 Å². The molecule has 0 saturated heterocycles. The van der Waals surface area contributed by atoms with Gasteiger partial charge in [-0.2, -0.15) is 0 Å². The van der Waals surface area contributed by atoms with Crippen LogP contribution in [0.4, 0.5) is 9.52 Å². The van der Waals surface area contributed by atoms with Crippen LogP contribution in [-0.4, -0.2) is 32.0 Å². The molecule has 1 atom stereocenters. The van der Waals surface area contributed by atoms with E-state index in [0.717, 1.165) is 17.2 Å². The van der Waals surface area contributed by atoms with Crippen molar-refractivity contribution in [2.75, 3.05) is 11.3 Å². The Hall–Kier alpha value is -2.69. The minimum atomic E-state index is -3.74. The quantitative estimate of drug-likeness (QED) is 0.534. The Balaban J connectivity index is 0.00000289. The summed E-state index contributed by atoms with van der Waals surface area (Å²) < 4.78 is 46.1. The summed E-state index contributed by atoms with van der Waals surface area (Å²) in [6.07, 6.45) is 2.61. The highest BCUT2D eigenvalue weighted by Crippen LogP contribution is 2.27. The van der Waals surface area contributed by atoms with E-state index in [2.05, 4.69) is 15.0 Å². The van der Waals surface area contributed by atoms with Gasteiger partial charge in [0.1, 0.15) is 11.6 Å². The number of rotatable bonds is 7. The van der Waals surface area contributed by atoms with Gasteiger partial charge >= 0.3 is 0 Å². The fourth-order valence-electron chi connectivity index (χ4n) is 3.30. The minimum absolute atomic E-state index is 0. The first-order chi connectivity index (χ1) is 14.8. The second kappa shape index (κ2) is 8.81. The number of thiazole rings is 1. The van der Waals surface area contributed by atoms with E-state index >= 15 is 0 Å². The first-order valence-electron chi connectivity index (χ1n) is 9.21. The van der Waals surface area contributed by atoms with Crippen LogP contribution < -0.4 is 14.8 Å². The summed E-state index contributed by atoms with van der Waals surface area (Å²) in [5.74, 6) is -0.610. The molecule has 0 fully saturated rings. The minimum Gasteiger partial charge on any atom is -0.484 e. The Morgan fingerprint density at radius 3 is 2.81 bits per heavy atom. The van der Waals surface area contributed by atoms with E-state index in [1.54, 1.807) is 23.6 Å². The lowest BCUT2D eigenvalue weighted by Crippen LogP contribution is -2.38. The van der Waals surface area contributed by atoms with Gasteiger partial charge in [-0.05, 0) is 48.2 Å². The number of sulfonamides is 1. The molecule has 11 heteroatoms. The van der Waals surface area contributed by atoms with Crippen LogP contribution in [0.25, 0.3) is 0 Å². The molecular formula is C20H19ClFN3O4S2. The molecule has 1 aliphatic rings. The second-order valence-electron chi connectivity index (χ2n) is 6.91. The summed E-state index contributed by atoms with van der Waals surface area (Å²) in [6, 6.07) is 8.61. The summed E-state index contributed by atoms with van der Waals surface area (Å²) in [5, 5.41) is 4.77. The molecule has 3 aromatic rings. The molecule has 1 heterocycles. The van der Waals surface area contributed by atoms with Crippen LogP contribution in [0.15, 0.2) is 52.9 Å². The van der Waals surface area contributed by atoms with Crippen molar-refractivity contribution < 1.29 is 23.8 Å². The van der Waals surface area contributed by atoms with Crippen molar-refractivity contribution in [1.82, 2.24) is 10.3 Å². The molecule has 0 saturated carbocycles. The van der Waals surface area contributed by atoms with Crippen LogP contribution in [0.3, 0.4) is 0 Å². The fourth-order valence-corrected chi connectivity index (χ4v) is 5.31. The highest BCUT2D eigenvalue weighted by molar-refractivity contribution is 7.93. The van der Waals surface area contributed by atoms with Gasteiger partial charge in [-0.15, -0.1) is 11.3 Å². The van der Waals surface area contributed by atoms with Crippen LogP contribution in [0.5, 0.6) is 5.75 Å². The van der Waals surface area contributed by atoms with Gasteiger partial charge in [-0.3, -0.25) is 9.52 Å². The van der Waals surface area contributed by atoms with Crippen molar-refractivity contribution in [3.05, 3.63) is 69.9 Å². The molecule has 0 radical (unpaired) electrons. The number of halogens is 2. The third-order valence-electron chi connectivity index (χ3n) is 4.70. The molecule has 0 bridgehead atoms. The van der Waals surface area contributed by atoms with Crippen LogP contribution in [0.1, 0.15) is 12.6 Å². The number of amides is 1.